The Morgan fingerprint density at radius 2 is 1.77 bits per heavy atom. The van der Waals surface area contributed by atoms with Gasteiger partial charge in [-0.15, -0.1) is 0 Å². The van der Waals surface area contributed by atoms with Gasteiger partial charge >= 0.3 is 0 Å². The fraction of sp³-hybridized carbons (Fsp3) is 0.316. The number of hydrogen-bond donors (Lipinski definition) is 0. The van der Waals surface area contributed by atoms with Gasteiger partial charge < -0.3 is 4.74 Å². The van der Waals surface area contributed by atoms with Gasteiger partial charge in [-0.3, -0.25) is 4.79 Å². The molecule has 0 bridgehead atoms. The molecule has 0 unspecified atom stereocenters. The highest BCUT2D eigenvalue weighted by atomic mass is 79.9. The molecule has 0 atom stereocenters. The van der Waals surface area contributed by atoms with Crippen LogP contribution in [0, 0.1) is 0 Å². The molecular formula is C19H21BrO2. The van der Waals surface area contributed by atoms with Crippen LogP contribution in [-0.2, 0) is 0 Å². The van der Waals surface area contributed by atoms with Gasteiger partial charge in [0.15, 0.2) is 5.78 Å². The van der Waals surface area contributed by atoms with Crippen molar-refractivity contribution in [3.63, 3.8) is 0 Å². The number of Topliss-reactive ketones (excluding diaryl/α,β-unsaturated/α-hetero) is 1. The van der Waals surface area contributed by atoms with Gasteiger partial charge in [0.05, 0.1) is 12.7 Å². The van der Waals surface area contributed by atoms with Crippen molar-refractivity contribution in [2.45, 2.75) is 25.7 Å². The van der Waals surface area contributed by atoms with Gasteiger partial charge in [0.1, 0.15) is 5.75 Å². The third kappa shape index (κ3) is 4.44. The second kappa shape index (κ2) is 8.74. The van der Waals surface area contributed by atoms with Crippen LogP contribution < -0.4 is 4.74 Å². The third-order valence-electron chi connectivity index (χ3n) is 3.64. The molecule has 116 valence electrons. The number of ether oxygens (including phenoxy) is 1. The minimum Gasteiger partial charge on any atom is -0.496 e. The zero-order chi connectivity index (χ0) is 15.8. The SMILES string of the molecule is COc1ccc(-c2ccccc2)cc1C(=O)CCCCCBr. The molecule has 22 heavy (non-hydrogen) atoms. The van der Waals surface area contributed by atoms with E-state index in [0.29, 0.717) is 17.7 Å². The van der Waals surface area contributed by atoms with Crippen molar-refractivity contribution in [2.24, 2.45) is 0 Å². The molecule has 0 amide bonds. The summed E-state index contributed by atoms with van der Waals surface area (Å²) in [4.78, 5) is 12.5. The quantitative estimate of drug-likeness (QED) is 0.353. The van der Waals surface area contributed by atoms with Gasteiger partial charge in [-0.25, -0.2) is 0 Å². The summed E-state index contributed by atoms with van der Waals surface area (Å²) >= 11 is 3.41. The van der Waals surface area contributed by atoms with E-state index in [2.05, 4.69) is 15.9 Å². The standard InChI is InChI=1S/C19H21BrO2/c1-22-19-12-11-16(15-8-4-2-5-9-15)14-17(19)18(21)10-6-3-7-13-20/h2,4-5,8-9,11-12,14H,3,6-7,10,13H2,1H3. The molecule has 0 spiro atoms. The van der Waals surface area contributed by atoms with Gasteiger partial charge in [-0.1, -0.05) is 58.7 Å². The first-order chi connectivity index (χ1) is 10.8. The average Bonchev–Trinajstić information content (AvgIpc) is 2.58. The molecule has 2 aromatic rings. The molecule has 2 rings (SSSR count). The Morgan fingerprint density at radius 1 is 1.00 bits per heavy atom. The molecule has 2 nitrogen and oxygen atoms in total. The van der Waals surface area contributed by atoms with Crippen LogP contribution in [0.2, 0.25) is 0 Å². The lowest BCUT2D eigenvalue weighted by molar-refractivity contribution is 0.0976. The van der Waals surface area contributed by atoms with Gasteiger partial charge in [0, 0.05) is 11.8 Å². The summed E-state index contributed by atoms with van der Waals surface area (Å²) in [5.41, 5.74) is 2.84. The Bertz CT molecular complexity index is 608. The minimum absolute atomic E-state index is 0.157. The molecule has 0 fully saturated rings. The number of unbranched alkanes of at least 4 members (excludes halogenated alkanes) is 2. The van der Waals surface area contributed by atoms with Crippen LogP contribution in [0.3, 0.4) is 0 Å². The molecule has 2 aromatic carbocycles. The monoisotopic (exact) mass is 360 g/mol. The van der Waals surface area contributed by atoms with E-state index in [1.54, 1.807) is 7.11 Å². The Balaban J connectivity index is 2.19. The van der Waals surface area contributed by atoms with Gasteiger partial charge in [0.2, 0.25) is 0 Å². The molecule has 0 heterocycles. The predicted octanol–water partition coefficient (Wildman–Crippen LogP) is 5.50. The van der Waals surface area contributed by atoms with E-state index in [9.17, 15) is 4.79 Å². The second-order valence-corrected chi connectivity index (χ2v) is 6.00. The zero-order valence-corrected chi connectivity index (χ0v) is 14.4. The number of benzene rings is 2. The number of hydrogen-bond acceptors (Lipinski definition) is 2. The summed E-state index contributed by atoms with van der Waals surface area (Å²) in [5, 5.41) is 0.994. The molecular weight excluding hydrogens is 340 g/mol. The first kappa shape index (κ1) is 16.8. The lowest BCUT2D eigenvalue weighted by Gasteiger charge is -2.10. The van der Waals surface area contributed by atoms with Crippen LogP contribution in [0.5, 0.6) is 5.75 Å². The maximum absolute atomic E-state index is 12.5. The van der Waals surface area contributed by atoms with Crippen LogP contribution in [-0.4, -0.2) is 18.2 Å². The van der Waals surface area contributed by atoms with E-state index < -0.39 is 0 Å². The fourth-order valence-corrected chi connectivity index (χ4v) is 2.82. The van der Waals surface area contributed by atoms with Gasteiger partial charge in [0.25, 0.3) is 0 Å². The van der Waals surface area contributed by atoms with E-state index in [1.807, 2.05) is 48.5 Å². The van der Waals surface area contributed by atoms with E-state index in [4.69, 9.17) is 4.74 Å². The molecule has 0 aliphatic rings. The van der Waals surface area contributed by atoms with Crippen molar-refractivity contribution in [1.82, 2.24) is 0 Å². The largest absolute Gasteiger partial charge is 0.496 e. The Labute approximate surface area is 140 Å². The van der Waals surface area contributed by atoms with Crippen LogP contribution in [0.15, 0.2) is 48.5 Å². The zero-order valence-electron chi connectivity index (χ0n) is 12.8. The van der Waals surface area contributed by atoms with Crippen molar-refractivity contribution >= 4 is 21.7 Å². The Morgan fingerprint density at radius 3 is 2.45 bits per heavy atom. The molecule has 0 aromatic heterocycles. The topological polar surface area (TPSA) is 26.3 Å². The molecule has 0 saturated carbocycles. The van der Waals surface area contributed by atoms with Crippen molar-refractivity contribution in [1.29, 1.82) is 0 Å². The summed E-state index contributed by atoms with van der Waals surface area (Å²) in [6.07, 6.45) is 3.66. The minimum atomic E-state index is 0.157. The second-order valence-electron chi connectivity index (χ2n) is 5.20. The predicted molar refractivity (Wildman–Crippen MR) is 95.0 cm³/mol. The highest BCUT2D eigenvalue weighted by Gasteiger charge is 2.13. The molecule has 0 saturated heterocycles. The number of carbonyl (C=O) groups is 1. The maximum atomic E-state index is 12.5. The van der Waals surface area contributed by atoms with Gasteiger partial charge in [-0.05, 0) is 36.1 Å². The molecule has 3 heteroatoms. The number of alkyl halides is 1. The third-order valence-corrected chi connectivity index (χ3v) is 4.21. The molecule has 0 aliphatic heterocycles. The highest BCUT2D eigenvalue weighted by Crippen LogP contribution is 2.28. The summed E-state index contributed by atoms with van der Waals surface area (Å²) in [5.74, 6) is 0.814. The first-order valence-electron chi connectivity index (χ1n) is 7.59. The highest BCUT2D eigenvalue weighted by molar-refractivity contribution is 9.09. The average molecular weight is 361 g/mol. The fourth-order valence-electron chi connectivity index (χ4n) is 2.43. The number of rotatable bonds is 8. The summed E-state index contributed by atoms with van der Waals surface area (Å²) in [7, 11) is 1.61. The van der Waals surface area contributed by atoms with Crippen molar-refractivity contribution in [3.05, 3.63) is 54.1 Å². The van der Waals surface area contributed by atoms with Crippen LogP contribution in [0.1, 0.15) is 36.0 Å². The van der Waals surface area contributed by atoms with Crippen molar-refractivity contribution in [3.8, 4) is 16.9 Å². The first-order valence-corrected chi connectivity index (χ1v) is 8.71. The normalized spacial score (nSPS) is 10.5. The van der Waals surface area contributed by atoms with E-state index >= 15 is 0 Å². The smallest absolute Gasteiger partial charge is 0.166 e. The number of ketones is 1. The lowest BCUT2D eigenvalue weighted by atomic mass is 9.98. The Kier molecular flexibility index (Phi) is 6.66. The lowest BCUT2D eigenvalue weighted by Crippen LogP contribution is -2.03. The van der Waals surface area contributed by atoms with Crippen molar-refractivity contribution in [2.75, 3.05) is 12.4 Å². The van der Waals surface area contributed by atoms with E-state index in [1.165, 1.54) is 0 Å². The van der Waals surface area contributed by atoms with E-state index in [0.717, 1.165) is 35.7 Å². The number of carbonyl (C=O) groups excluding carboxylic acids is 1. The van der Waals surface area contributed by atoms with Crippen molar-refractivity contribution < 1.29 is 9.53 Å². The van der Waals surface area contributed by atoms with Crippen LogP contribution in [0.4, 0.5) is 0 Å². The molecule has 0 radical (unpaired) electrons. The summed E-state index contributed by atoms with van der Waals surface area (Å²) < 4.78 is 5.36. The van der Waals surface area contributed by atoms with Gasteiger partial charge in [-0.2, -0.15) is 0 Å². The maximum Gasteiger partial charge on any atom is 0.166 e. The summed E-state index contributed by atoms with van der Waals surface area (Å²) in [6.45, 7) is 0. The molecule has 0 aliphatic carbocycles. The van der Waals surface area contributed by atoms with E-state index in [-0.39, 0.29) is 5.78 Å². The number of halogens is 1. The van der Waals surface area contributed by atoms with Crippen LogP contribution >= 0.6 is 15.9 Å². The number of methoxy groups -OCH3 is 1. The molecule has 0 N–H and O–H groups in total. The summed E-state index contributed by atoms with van der Waals surface area (Å²) in [6, 6.07) is 15.9. The van der Waals surface area contributed by atoms with Crippen LogP contribution in [0.25, 0.3) is 11.1 Å². The Hall–Kier alpha value is -1.61.